The summed E-state index contributed by atoms with van der Waals surface area (Å²) in [5, 5.41) is 2.99. The number of nitrogens with zero attached hydrogens (tertiary/aromatic N) is 3. The van der Waals surface area contributed by atoms with Gasteiger partial charge in [-0.3, -0.25) is 4.79 Å². The number of para-hydroxylation sites is 2. The topological polar surface area (TPSA) is 59.4 Å². The molecule has 0 saturated heterocycles. The highest BCUT2D eigenvalue weighted by Crippen LogP contribution is 2.32. The van der Waals surface area contributed by atoms with Gasteiger partial charge >= 0.3 is 0 Å². The lowest BCUT2D eigenvalue weighted by Crippen LogP contribution is -2.23. The van der Waals surface area contributed by atoms with Gasteiger partial charge in [0.05, 0.1) is 30.4 Å². The van der Waals surface area contributed by atoms with Crippen LogP contribution in [0, 0.1) is 5.92 Å². The smallest absolute Gasteiger partial charge is 0.227 e. The maximum Gasteiger partial charge on any atom is 0.227 e. The van der Waals surface area contributed by atoms with Gasteiger partial charge in [0.25, 0.3) is 0 Å². The Labute approximate surface area is 165 Å². The third kappa shape index (κ3) is 3.42. The molecule has 6 nitrogen and oxygen atoms in total. The molecule has 0 aliphatic carbocycles. The second kappa shape index (κ2) is 7.54. The summed E-state index contributed by atoms with van der Waals surface area (Å²) in [5.74, 6) is 1.63. The van der Waals surface area contributed by atoms with Crippen molar-refractivity contribution in [2.75, 3.05) is 23.9 Å². The Morgan fingerprint density at radius 3 is 2.79 bits per heavy atom. The van der Waals surface area contributed by atoms with Gasteiger partial charge in [0, 0.05) is 24.7 Å². The Bertz CT molecular complexity index is 1010. The molecular formula is C22H26N4O2. The molecule has 0 spiro atoms. The van der Waals surface area contributed by atoms with Crippen LogP contribution in [-0.2, 0) is 17.9 Å². The van der Waals surface area contributed by atoms with Crippen molar-refractivity contribution in [3.63, 3.8) is 0 Å². The van der Waals surface area contributed by atoms with Gasteiger partial charge in [-0.25, -0.2) is 4.98 Å². The number of fused-ring (bicyclic) bond motifs is 3. The van der Waals surface area contributed by atoms with Crippen LogP contribution in [0.1, 0.15) is 26.1 Å². The predicted octanol–water partition coefficient (Wildman–Crippen LogP) is 4.05. The molecule has 4 rings (SSSR count). The number of anilines is 2. The Hall–Kier alpha value is -3.02. The summed E-state index contributed by atoms with van der Waals surface area (Å²) in [5.41, 5.74) is 4.00. The van der Waals surface area contributed by atoms with Gasteiger partial charge < -0.3 is 19.5 Å². The monoisotopic (exact) mass is 378 g/mol. The zero-order valence-corrected chi connectivity index (χ0v) is 16.6. The summed E-state index contributed by atoms with van der Waals surface area (Å²) in [6.45, 7) is 6.38. The molecule has 6 heteroatoms. The SMILES string of the molecule is COc1ccc(N2CCCn3c(nc4ccccc43)C2)cc1NC(=O)C(C)C. The molecule has 0 bridgehead atoms. The van der Waals surface area contributed by atoms with Crippen LogP contribution in [0.15, 0.2) is 42.5 Å². The van der Waals surface area contributed by atoms with Crippen molar-refractivity contribution in [2.24, 2.45) is 5.92 Å². The van der Waals surface area contributed by atoms with E-state index in [9.17, 15) is 4.79 Å². The van der Waals surface area contributed by atoms with Crippen LogP contribution in [0.3, 0.4) is 0 Å². The molecule has 28 heavy (non-hydrogen) atoms. The van der Waals surface area contributed by atoms with Gasteiger partial charge in [-0.2, -0.15) is 0 Å². The van der Waals surface area contributed by atoms with Crippen LogP contribution >= 0.6 is 0 Å². The number of carbonyl (C=O) groups excluding carboxylic acids is 1. The normalized spacial score (nSPS) is 14.1. The first-order valence-electron chi connectivity index (χ1n) is 9.75. The molecule has 0 radical (unpaired) electrons. The summed E-state index contributed by atoms with van der Waals surface area (Å²) in [4.78, 5) is 19.4. The van der Waals surface area contributed by atoms with Crippen LogP contribution in [0.5, 0.6) is 5.75 Å². The third-order valence-corrected chi connectivity index (χ3v) is 5.21. The van der Waals surface area contributed by atoms with Crippen molar-refractivity contribution in [2.45, 2.75) is 33.4 Å². The lowest BCUT2D eigenvalue weighted by atomic mass is 10.2. The van der Waals surface area contributed by atoms with Gasteiger partial charge in [0.2, 0.25) is 5.91 Å². The fourth-order valence-corrected chi connectivity index (χ4v) is 3.65. The van der Waals surface area contributed by atoms with Crippen molar-refractivity contribution < 1.29 is 9.53 Å². The van der Waals surface area contributed by atoms with E-state index in [-0.39, 0.29) is 11.8 Å². The molecular weight excluding hydrogens is 352 g/mol. The Balaban J connectivity index is 1.65. The van der Waals surface area contributed by atoms with Gasteiger partial charge in [-0.05, 0) is 36.8 Å². The second-order valence-electron chi connectivity index (χ2n) is 7.47. The van der Waals surface area contributed by atoms with Crippen LogP contribution < -0.4 is 15.0 Å². The molecule has 0 atom stereocenters. The van der Waals surface area contributed by atoms with Gasteiger partial charge in [0.1, 0.15) is 11.6 Å². The van der Waals surface area contributed by atoms with E-state index in [0.29, 0.717) is 11.4 Å². The van der Waals surface area contributed by atoms with Crippen molar-refractivity contribution in [1.82, 2.24) is 9.55 Å². The molecule has 1 amide bonds. The zero-order chi connectivity index (χ0) is 19.7. The first-order chi connectivity index (χ1) is 13.6. The molecule has 0 fully saturated rings. The van der Waals surface area contributed by atoms with Gasteiger partial charge in [-0.1, -0.05) is 26.0 Å². The molecule has 2 aromatic carbocycles. The lowest BCUT2D eigenvalue weighted by molar-refractivity contribution is -0.118. The Morgan fingerprint density at radius 1 is 1.18 bits per heavy atom. The number of aryl methyl sites for hydroxylation is 1. The van der Waals surface area contributed by atoms with E-state index in [4.69, 9.17) is 9.72 Å². The molecule has 2 heterocycles. The van der Waals surface area contributed by atoms with Crippen LogP contribution in [0.2, 0.25) is 0 Å². The molecule has 0 unspecified atom stereocenters. The number of ether oxygens (including phenoxy) is 1. The minimum Gasteiger partial charge on any atom is -0.495 e. The Morgan fingerprint density at radius 2 is 2.00 bits per heavy atom. The van der Waals surface area contributed by atoms with Crippen molar-refractivity contribution in [1.29, 1.82) is 0 Å². The molecule has 1 aliphatic rings. The van der Waals surface area contributed by atoms with Crippen LogP contribution in [0.4, 0.5) is 11.4 Å². The highest BCUT2D eigenvalue weighted by atomic mass is 16.5. The molecule has 1 aliphatic heterocycles. The van der Waals surface area contributed by atoms with Gasteiger partial charge in [-0.15, -0.1) is 0 Å². The summed E-state index contributed by atoms with van der Waals surface area (Å²) < 4.78 is 7.76. The largest absolute Gasteiger partial charge is 0.495 e. The van der Waals surface area contributed by atoms with E-state index in [1.165, 1.54) is 5.52 Å². The maximum atomic E-state index is 12.2. The lowest BCUT2D eigenvalue weighted by Gasteiger charge is -2.23. The number of hydrogen-bond donors (Lipinski definition) is 1. The molecule has 3 aromatic rings. The number of amides is 1. The predicted molar refractivity (Wildman–Crippen MR) is 112 cm³/mol. The van der Waals surface area contributed by atoms with E-state index in [1.54, 1.807) is 7.11 Å². The van der Waals surface area contributed by atoms with E-state index < -0.39 is 0 Å². The number of methoxy groups -OCH3 is 1. The first kappa shape index (κ1) is 18.3. The highest BCUT2D eigenvalue weighted by molar-refractivity contribution is 5.94. The number of imidazole rings is 1. The van der Waals surface area contributed by atoms with E-state index >= 15 is 0 Å². The summed E-state index contributed by atoms with van der Waals surface area (Å²) in [7, 11) is 1.62. The molecule has 1 N–H and O–H groups in total. The van der Waals surface area contributed by atoms with Gasteiger partial charge in [0.15, 0.2) is 0 Å². The minimum atomic E-state index is -0.0912. The van der Waals surface area contributed by atoms with Crippen molar-refractivity contribution in [3.8, 4) is 5.75 Å². The number of hydrogen-bond acceptors (Lipinski definition) is 4. The number of benzene rings is 2. The molecule has 0 saturated carbocycles. The summed E-state index contributed by atoms with van der Waals surface area (Å²) in [6.07, 6.45) is 1.03. The number of rotatable bonds is 4. The number of carbonyl (C=O) groups is 1. The average molecular weight is 378 g/mol. The van der Waals surface area contributed by atoms with Crippen molar-refractivity contribution >= 4 is 28.3 Å². The van der Waals surface area contributed by atoms with E-state index in [2.05, 4.69) is 33.0 Å². The second-order valence-corrected chi connectivity index (χ2v) is 7.47. The summed E-state index contributed by atoms with van der Waals surface area (Å²) in [6, 6.07) is 14.2. The average Bonchev–Trinajstić information content (AvgIpc) is 2.90. The fourth-order valence-electron chi connectivity index (χ4n) is 3.65. The third-order valence-electron chi connectivity index (χ3n) is 5.21. The number of nitrogens with one attached hydrogen (secondary N) is 1. The van der Waals surface area contributed by atoms with Crippen molar-refractivity contribution in [3.05, 3.63) is 48.3 Å². The summed E-state index contributed by atoms with van der Waals surface area (Å²) >= 11 is 0. The molecule has 1 aromatic heterocycles. The highest BCUT2D eigenvalue weighted by Gasteiger charge is 2.20. The minimum absolute atomic E-state index is 0.0203. The fraction of sp³-hybridized carbons (Fsp3) is 0.364. The first-order valence-corrected chi connectivity index (χ1v) is 9.75. The standard InChI is InChI=1S/C22H26N4O2/c1-15(2)22(27)24-18-13-16(9-10-20(18)28-3)25-11-6-12-26-19-8-5-4-7-17(19)23-21(26)14-25/h4-5,7-10,13,15H,6,11-12,14H2,1-3H3,(H,24,27). The van der Waals surface area contributed by atoms with Crippen LogP contribution in [-0.4, -0.2) is 29.1 Å². The Kier molecular flexibility index (Phi) is 4.94. The molecule has 146 valence electrons. The number of aromatic nitrogens is 2. The van der Waals surface area contributed by atoms with E-state index in [0.717, 1.165) is 43.1 Å². The zero-order valence-electron chi connectivity index (χ0n) is 16.6. The maximum absolute atomic E-state index is 12.2. The quantitative estimate of drug-likeness (QED) is 0.744. The van der Waals surface area contributed by atoms with E-state index in [1.807, 2.05) is 38.1 Å². The van der Waals surface area contributed by atoms with Crippen LogP contribution in [0.25, 0.3) is 11.0 Å².